The van der Waals surface area contributed by atoms with E-state index < -0.39 is 9.84 Å². The van der Waals surface area contributed by atoms with Gasteiger partial charge >= 0.3 is 0 Å². The maximum Gasteiger partial charge on any atom is 0.152 e. The Balaban J connectivity index is 1.90. The van der Waals surface area contributed by atoms with Crippen molar-refractivity contribution in [2.45, 2.75) is 61.8 Å². The van der Waals surface area contributed by atoms with Gasteiger partial charge in [0, 0.05) is 25.4 Å². The summed E-state index contributed by atoms with van der Waals surface area (Å²) < 4.78 is 24.3. The fourth-order valence-electron chi connectivity index (χ4n) is 3.97. The van der Waals surface area contributed by atoms with E-state index in [0.717, 1.165) is 31.7 Å². The molecule has 110 valence electrons. The van der Waals surface area contributed by atoms with E-state index in [4.69, 9.17) is 5.73 Å². The van der Waals surface area contributed by atoms with E-state index in [-0.39, 0.29) is 10.8 Å². The van der Waals surface area contributed by atoms with E-state index in [0.29, 0.717) is 12.6 Å². The van der Waals surface area contributed by atoms with Crippen LogP contribution in [0.5, 0.6) is 0 Å². The second kappa shape index (κ2) is 4.71. The Kier molecular flexibility index (Phi) is 3.43. The molecule has 0 spiro atoms. The first-order chi connectivity index (χ1) is 8.97. The summed E-state index contributed by atoms with van der Waals surface area (Å²) in [5.74, 6) is 0.796. The number of hydrogen-bond acceptors (Lipinski definition) is 4. The summed E-state index contributed by atoms with van der Waals surface area (Å²) in [6, 6.07) is 0.603. The quantitative estimate of drug-likeness (QED) is 0.796. The lowest BCUT2D eigenvalue weighted by atomic mass is 9.93. The molecule has 3 rings (SSSR count). The summed E-state index contributed by atoms with van der Waals surface area (Å²) in [5, 5.41) is -0.246. The Bertz CT molecular complexity index is 442. The highest BCUT2D eigenvalue weighted by Gasteiger charge is 2.54. The second-order valence-electron chi connectivity index (χ2n) is 6.85. The van der Waals surface area contributed by atoms with E-state index in [1.165, 1.54) is 31.9 Å². The van der Waals surface area contributed by atoms with Crippen LogP contribution in [0.15, 0.2) is 0 Å². The zero-order valence-corrected chi connectivity index (χ0v) is 12.7. The van der Waals surface area contributed by atoms with Gasteiger partial charge in [-0.05, 0) is 44.4 Å². The molecule has 3 saturated carbocycles. The van der Waals surface area contributed by atoms with Crippen molar-refractivity contribution >= 4 is 9.84 Å². The minimum absolute atomic E-state index is 0.246. The highest BCUT2D eigenvalue weighted by atomic mass is 32.2. The average Bonchev–Trinajstić information content (AvgIpc) is 3.23. The molecule has 5 heteroatoms. The van der Waals surface area contributed by atoms with Gasteiger partial charge in [0.2, 0.25) is 0 Å². The first kappa shape index (κ1) is 13.8. The van der Waals surface area contributed by atoms with Crippen molar-refractivity contribution in [3.8, 4) is 0 Å². The van der Waals surface area contributed by atoms with Crippen LogP contribution in [-0.2, 0) is 9.84 Å². The molecule has 3 aliphatic carbocycles. The maximum atomic E-state index is 12.2. The van der Waals surface area contributed by atoms with Crippen molar-refractivity contribution < 1.29 is 8.42 Å². The molecule has 0 bridgehead atoms. The lowest BCUT2D eigenvalue weighted by Crippen LogP contribution is -2.61. The number of sulfone groups is 1. The van der Waals surface area contributed by atoms with Gasteiger partial charge in [0.15, 0.2) is 9.84 Å². The van der Waals surface area contributed by atoms with Gasteiger partial charge in [0.05, 0.1) is 10.8 Å². The van der Waals surface area contributed by atoms with Gasteiger partial charge in [-0.2, -0.15) is 0 Å². The van der Waals surface area contributed by atoms with Crippen LogP contribution in [-0.4, -0.2) is 49.5 Å². The van der Waals surface area contributed by atoms with Gasteiger partial charge in [-0.3, -0.25) is 4.90 Å². The van der Waals surface area contributed by atoms with Gasteiger partial charge in [-0.1, -0.05) is 6.42 Å². The molecule has 2 atom stereocenters. The highest BCUT2D eigenvalue weighted by Crippen LogP contribution is 2.46. The van der Waals surface area contributed by atoms with E-state index >= 15 is 0 Å². The third kappa shape index (κ3) is 2.57. The molecule has 3 fully saturated rings. The minimum Gasteiger partial charge on any atom is -0.329 e. The van der Waals surface area contributed by atoms with Crippen LogP contribution in [0.4, 0.5) is 0 Å². The molecule has 0 aromatic heterocycles. The van der Waals surface area contributed by atoms with Gasteiger partial charge < -0.3 is 5.73 Å². The summed E-state index contributed by atoms with van der Waals surface area (Å²) in [6.07, 6.45) is 9.24. The van der Waals surface area contributed by atoms with Gasteiger partial charge in [0.1, 0.15) is 0 Å². The largest absolute Gasteiger partial charge is 0.329 e. The standard InChI is InChI=1S/C14H26N2O2S/c1-19(17,18)13-3-2-8-14(13,10-15)16(12-6-7-12)9-11-4-5-11/h11-13H,2-10,15H2,1H3. The monoisotopic (exact) mass is 286 g/mol. The van der Waals surface area contributed by atoms with Crippen LogP contribution < -0.4 is 5.73 Å². The smallest absolute Gasteiger partial charge is 0.152 e. The average molecular weight is 286 g/mol. The summed E-state index contributed by atoms with van der Waals surface area (Å²) in [7, 11) is -3.01. The van der Waals surface area contributed by atoms with Gasteiger partial charge in [-0.15, -0.1) is 0 Å². The fraction of sp³-hybridized carbons (Fsp3) is 1.00. The molecule has 4 nitrogen and oxygen atoms in total. The number of rotatable bonds is 6. The third-order valence-corrected chi connectivity index (χ3v) is 6.97. The molecule has 0 heterocycles. The molecular formula is C14H26N2O2S. The van der Waals surface area contributed by atoms with E-state index in [9.17, 15) is 8.42 Å². The number of nitrogens with two attached hydrogens (primary N) is 1. The zero-order chi connectivity index (χ0) is 13.7. The third-order valence-electron chi connectivity index (χ3n) is 5.26. The van der Waals surface area contributed by atoms with Crippen LogP contribution in [0.25, 0.3) is 0 Å². The predicted octanol–water partition coefficient (Wildman–Crippen LogP) is 1.16. The minimum atomic E-state index is -3.01. The lowest BCUT2D eigenvalue weighted by Gasteiger charge is -2.44. The maximum absolute atomic E-state index is 12.2. The molecule has 0 aliphatic heterocycles. The van der Waals surface area contributed by atoms with Crippen molar-refractivity contribution in [1.29, 1.82) is 0 Å². The summed E-state index contributed by atoms with van der Waals surface area (Å²) >= 11 is 0. The van der Waals surface area contributed by atoms with Crippen molar-refractivity contribution in [1.82, 2.24) is 4.90 Å². The molecule has 2 unspecified atom stereocenters. The van der Waals surface area contributed by atoms with Crippen LogP contribution in [0.2, 0.25) is 0 Å². The van der Waals surface area contributed by atoms with Crippen LogP contribution >= 0.6 is 0 Å². The molecule has 0 aromatic carbocycles. The number of hydrogen-bond donors (Lipinski definition) is 1. The molecule has 19 heavy (non-hydrogen) atoms. The SMILES string of the molecule is CS(=O)(=O)C1CCCC1(CN)N(CC1CC1)C1CC1. The van der Waals surface area contributed by atoms with Crippen molar-refractivity contribution in [2.75, 3.05) is 19.3 Å². The highest BCUT2D eigenvalue weighted by molar-refractivity contribution is 7.91. The van der Waals surface area contributed by atoms with Crippen LogP contribution in [0.3, 0.4) is 0 Å². The molecule has 0 amide bonds. The first-order valence-electron chi connectivity index (χ1n) is 7.63. The summed E-state index contributed by atoms with van der Waals surface area (Å²) in [5.41, 5.74) is 5.85. The van der Waals surface area contributed by atoms with Gasteiger partial charge in [0.25, 0.3) is 0 Å². The zero-order valence-electron chi connectivity index (χ0n) is 11.8. The van der Waals surface area contributed by atoms with Crippen LogP contribution in [0, 0.1) is 5.92 Å². The Morgan fingerprint density at radius 3 is 2.37 bits per heavy atom. The van der Waals surface area contributed by atoms with Gasteiger partial charge in [-0.25, -0.2) is 8.42 Å². The van der Waals surface area contributed by atoms with Crippen LogP contribution in [0.1, 0.15) is 44.9 Å². The molecule has 2 N–H and O–H groups in total. The molecule has 0 aromatic rings. The van der Waals surface area contributed by atoms with E-state index in [2.05, 4.69) is 4.90 Å². The second-order valence-corrected chi connectivity index (χ2v) is 9.07. The predicted molar refractivity (Wildman–Crippen MR) is 76.7 cm³/mol. The van der Waals surface area contributed by atoms with E-state index in [1.54, 1.807) is 0 Å². The normalized spacial score (nSPS) is 36.1. The molecule has 0 radical (unpaired) electrons. The Hall–Kier alpha value is -0.130. The Labute approximate surface area is 116 Å². The fourth-order valence-corrected chi connectivity index (χ4v) is 5.72. The van der Waals surface area contributed by atoms with Crippen molar-refractivity contribution in [3.05, 3.63) is 0 Å². The summed E-state index contributed by atoms with van der Waals surface area (Å²) in [4.78, 5) is 2.52. The first-order valence-corrected chi connectivity index (χ1v) is 9.58. The van der Waals surface area contributed by atoms with Crippen molar-refractivity contribution in [2.24, 2.45) is 11.7 Å². The Morgan fingerprint density at radius 1 is 1.21 bits per heavy atom. The van der Waals surface area contributed by atoms with E-state index in [1.807, 2.05) is 0 Å². The Morgan fingerprint density at radius 2 is 1.89 bits per heavy atom. The molecular weight excluding hydrogens is 260 g/mol. The molecule has 3 aliphatic rings. The molecule has 0 saturated heterocycles. The number of nitrogens with zero attached hydrogens (tertiary/aromatic N) is 1. The summed E-state index contributed by atoms with van der Waals surface area (Å²) in [6.45, 7) is 1.57. The van der Waals surface area contributed by atoms with Crippen molar-refractivity contribution in [3.63, 3.8) is 0 Å². The topological polar surface area (TPSA) is 63.4 Å². The lowest BCUT2D eigenvalue weighted by molar-refractivity contribution is 0.0865.